The number of hydrogen-bond acceptors (Lipinski definition) is 1. The Kier molecular flexibility index (Phi) is 3.32. The van der Waals surface area contributed by atoms with Crippen LogP contribution < -0.4 is 9.75 Å². The molecule has 0 aliphatic heterocycles. The highest BCUT2D eigenvalue weighted by molar-refractivity contribution is 6.88. The van der Waals surface area contributed by atoms with Crippen LogP contribution in [0.5, 0.6) is 0 Å². The van der Waals surface area contributed by atoms with Crippen molar-refractivity contribution in [1.29, 1.82) is 0 Å². The molecule has 0 amide bonds. The fourth-order valence-corrected chi connectivity index (χ4v) is 6.31. The summed E-state index contributed by atoms with van der Waals surface area (Å²) in [6, 6.07) is 16.1. The Morgan fingerprint density at radius 2 is 1.73 bits per heavy atom. The van der Waals surface area contributed by atoms with Crippen LogP contribution in [0.2, 0.25) is 19.6 Å². The number of rotatable bonds is 1. The summed E-state index contributed by atoms with van der Waals surface area (Å²) in [7, 11) is 0.693. The predicted octanol–water partition coefficient (Wildman–Crippen LogP) is 5.37. The average Bonchev–Trinajstić information content (AvgIpc) is 3.03. The summed E-state index contributed by atoms with van der Waals surface area (Å²) >= 11 is 0. The molecular formula is C26H26N3Si+. The van der Waals surface area contributed by atoms with E-state index in [2.05, 4.69) is 92.0 Å². The first-order valence-electron chi connectivity index (χ1n) is 10.6. The minimum absolute atomic E-state index is 1.10. The van der Waals surface area contributed by atoms with Gasteiger partial charge in [0.2, 0.25) is 5.52 Å². The maximum atomic E-state index is 4.91. The number of fused-ring (bicyclic) bond motifs is 5. The smallest absolute Gasteiger partial charge is 0.287 e. The Balaban J connectivity index is 2.03. The van der Waals surface area contributed by atoms with Gasteiger partial charge in [0.05, 0.1) is 31.5 Å². The lowest BCUT2D eigenvalue weighted by molar-refractivity contribution is -0.647. The van der Waals surface area contributed by atoms with E-state index >= 15 is 0 Å². The molecule has 0 atom stereocenters. The molecule has 3 aromatic heterocycles. The quantitative estimate of drug-likeness (QED) is 0.155. The van der Waals surface area contributed by atoms with Crippen molar-refractivity contribution in [2.75, 3.05) is 0 Å². The summed E-state index contributed by atoms with van der Waals surface area (Å²) in [6.07, 6.45) is 1.98. The van der Waals surface area contributed by atoms with Gasteiger partial charge < -0.3 is 4.40 Å². The summed E-state index contributed by atoms with van der Waals surface area (Å²) in [5.41, 5.74) is 8.86. The first-order chi connectivity index (χ1) is 14.3. The van der Waals surface area contributed by atoms with Crippen LogP contribution in [0.15, 0.2) is 48.8 Å². The van der Waals surface area contributed by atoms with Gasteiger partial charge in [0.15, 0.2) is 5.52 Å². The first kappa shape index (κ1) is 17.8. The standard InChI is InChI=1S/C26H26N3Si/c1-15-12-17-8-7-9-20-23(17)22(16(15)2)25-26-24(27-14-28(25)3)19-11-10-18(30(4,5)6)13-21(19)29(20)26/h7-14H,1-6H3/q+1. The van der Waals surface area contributed by atoms with E-state index in [0.29, 0.717) is 0 Å². The van der Waals surface area contributed by atoms with E-state index in [1.165, 1.54) is 59.9 Å². The molecule has 30 heavy (non-hydrogen) atoms. The van der Waals surface area contributed by atoms with Crippen molar-refractivity contribution in [3.63, 3.8) is 0 Å². The molecule has 3 aromatic carbocycles. The highest BCUT2D eigenvalue weighted by Gasteiger charge is 2.26. The third-order valence-corrected chi connectivity index (χ3v) is 8.93. The predicted molar refractivity (Wildman–Crippen MR) is 130 cm³/mol. The number of hydrogen-bond donors (Lipinski definition) is 0. The molecule has 0 fully saturated rings. The van der Waals surface area contributed by atoms with Gasteiger partial charge in [-0.05, 0) is 53.5 Å². The summed E-state index contributed by atoms with van der Waals surface area (Å²) < 4.78 is 4.68. The minimum Gasteiger partial charge on any atom is -0.302 e. The van der Waals surface area contributed by atoms with Crippen LogP contribution in [0, 0.1) is 13.8 Å². The molecule has 6 aromatic rings. The van der Waals surface area contributed by atoms with Crippen molar-refractivity contribution in [1.82, 2.24) is 9.38 Å². The molecule has 0 saturated heterocycles. The van der Waals surface area contributed by atoms with Crippen molar-refractivity contribution in [2.45, 2.75) is 33.5 Å². The Morgan fingerprint density at radius 1 is 0.933 bits per heavy atom. The molecule has 0 unspecified atom stereocenters. The highest BCUT2D eigenvalue weighted by Crippen LogP contribution is 2.40. The normalized spacial score (nSPS) is 13.0. The van der Waals surface area contributed by atoms with Crippen LogP contribution in [-0.4, -0.2) is 17.5 Å². The van der Waals surface area contributed by atoms with Crippen LogP contribution in [0.3, 0.4) is 0 Å². The molecule has 148 valence electrons. The summed E-state index contributed by atoms with van der Waals surface area (Å²) in [5.74, 6) is 0. The fourth-order valence-electron chi connectivity index (χ4n) is 5.16. The zero-order valence-electron chi connectivity index (χ0n) is 18.5. The summed E-state index contributed by atoms with van der Waals surface area (Å²) in [4.78, 5) is 4.91. The third kappa shape index (κ3) is 2.09. The molecule has 0 aliphatic carbocycles. The van der Waals surface area contributed by atoms with Crippen molar-refractivity contribution in [2.24, 2.45) is 7.05 Å². The van der Waals surface area contributed by atoms with E-state index in [0.717, 1.165) is 5.52 Å². The van der Waals surface area contributed by atoms with Gasteiger partial charge >= 0.3 is 0 Å². The largest absolute Gasteiger partial charge is 0.302 e. The molecule has 0 spiro atoms. The van der Waals surface area contributed by atoms with Crippen molar-refractivity contribution < 1.29 is 4.57 Å². The van der Waals surface area contributed by atoms with Crippen molar-refractivity contribution in [3.8, 4) is 0 Å². The van der Waals surface area contributed by atoms with Gasteiger partial charge in [-0.15, -0.1) is 0 Å². The number of pyridine rings is 1. The Hall–Kier alpha value is -2.98. The number of nitrogens with zero attached hydrogens (tertiary/aromatic N) is 3. The van der Waals surface area contributed by atoms with E-state index in [4.69, 9.17) is 4.98 Å². The summed E-state index contributed by atoms with van der Waals surface area (Å²) in [6.45, 7) is 11.7. The Bertz CT molecular complexity index is 1650. The number of aromatic nitrogens is 3. The van der Waals surface area contributed by atoms with Crippen LogP contribution in [-0.2, 0) is 7.05 Å². The second kappa shape index (κ2) is 5.58. The van der Waals surface area contributed by atoms with Crippen molar-refractivity contribution >= 4 is 62.4 Å². The molecule has 3 nitrogen and oxygen atoms in total. The number of benzene rings is 3. The molecule has 0 N–H and O–H groups in total. The molecular weight excluding hydrogens is 382 g/mol. The van der Waals surface area contributed by atoms with Gasteiger partial charge in [0.1, 0.15) is 5.52 Å². The van der Waals surface area contributed by atoms with Crippen LogP contribution in [0.25, 0.3) is 49.1 Å². The van der Waals surface area contributed by atoms with Gasteiger partial charge in [-0.3, -0.25) is 0 Å². The molecule has 0 radical (unpaired) electrons. The second-order valence-electron chi connectivity index (χ2n) is 9.79. The van der Waals surface area contributed by atoms with E-state index in [-0.39, 0.29) is 0 Å². The highest BCUT2D eigenvalue weighted by atomic mass is 28.3. The molecule has 0 aliphatic rings. The van der Waals surface area contributed by atoms with Gasteiger partial charge in [0, 0.05) is 10.8 Å². The lowest BCUT2D eigenvalue weighted by atomic mass is 9.95. The van der Waals surface area contributed by atoms with Crippen molar-refractivity contribution in [3.05, 3.63) is 59.9 Å². The van der Waals surface area contributed by atoms with Gasteiger partial charge in [0.25, 0.3) is 6.33 Å². The SMILES string of the molecule is Cc1cc2cccc3c2c(c1C)c1c2c(nc[n+]1C)c1ccc([Si](C)(C)C)cc1n32. The van der Waals surface area contributed by atoms with E-state index in [1.807, 2.05) is 6.33 Å². The maximum absolute atomic E-state index is 4.91. The topological polar surface area (TPSA) is 21.2 Å². The molecule has 0 bridgehead atoms. The van der Waals surface area contributed by atoms with E-state index in [9.17, 15) is 0 Å². The van der Waals surface area contributed by atoms with Gasteiger partial charge in [-0.25, -0.2) is 4.57 Å². The van der Waals surface area contributed by atoms with Crippen LogP contribution >= 0.6 is 0 Å². The third-order valence-electron chi connectivity index (χ3n) is 6.89. The Morgan fingerprint density at radius 3 is 2.50 bits per heavy atom. The maximum Gasteiger partial charge on any atom is 0.287 e. The monoisotopic (exact) mass is 408 g/mol. The van der Waals surface area contributed by atoms with Gasteiger partial charge in [-0.2, -0.15) is 0 Å². The fraction of sp³-hybridized carbons (Fsp3) is 0.231. The number of aryl methyl sites for hydroxylation is 3. The van der Waals surface area contributed by atoms with Crippen LogP contribution in [0.1, 0.15) is 11.1 Å². The first-order valence-corrected chi connectivity index (χ1v) is 14.1. The van der Waals surface area contributed by atoms with Crippen LogP contribution in [0.4, 0.5) is 0 Å². The molecule has 6 rings (SSSR count). The minimum atomic E-state index is -1.43. The second-order valence-corrected chi connectivity index (χ2v) is 14.9. The van der Waals surface area contributed by atoms with Gasteiger partial charge in [-0.1, -0.05) is 49.1 Å². The lowest BCUT2D eigenvalue weighted by Gasteiger charge is -2.17. The van der Waals surface area contributed by atoms with E-state index < -0.39 is 8.07 Å². The summed E-state index contributed by atoms with van der Waals surface area (Å²) in [5, 5.41) is 6.75. The lowest BCUT2D eigenvalue weighted by Crippen LogP contribution is -2.37. The molecule has 4 heteroatoms. The average molecular weight is 409 g/mol. The van der Waals surface area contributed by atoms with E-state index in [1.54, 1.807) is 0 Å². The zero-order valence-corrected chi connectivity index (χ0v) is 19.5. The zero-order chi connectivity index (χ0) is 20.9. The molecule has 0 saturated carbocycles. The Labute approximate surface area is 176 Å². The molecule has 3 heterocycles.